The number of likely N-dealkylation sites (tertiary alicyclic amines) is 1. The van der Waals surface area contributed by atoms with Crippen LogP contribution in [0.3, 0.4) is 0 Å². The summed E-state index contributed by atoms with van der Waals surface area (Å²) in [4.78, 5) is 25.9. The Morgan fingerprint density at radius 1 is 1.11 bits per heavy atom. The van der Waals surface area contributed by atoms with Crippen LogP contribution < -0.4 is 5.43 Å². The Hall–Kier alpha value is -2.96. The number of rotatable bonds is 3. The van der Waals surface area contributed by atoms with Gasteiger partial charge in [-0.1, -0.05) is 25.0 Å². The van der Waals surface area contributed by atoms with E-state index in [1.165, 1.54) is 12.3 Å². The van der Waals surface area contributed by atoms with Crippen molar-refractivity contribution in [1.82, 2.24) is 14.9 Å². The highest BCUT2D eigenvalue weighted by atomic mass is 19.1. The number of hydrogen-bond donors (Lipinski definition) is 1. The minimum absolute atomic E-state index is 0.316. The third-order valence-electron chi connectivity index (χ3n) is 5.02. The Kier molecular flexibility index (Phi) is 6.23. The molecule has 0 radical (unpaired) electrons. The lowest BCUT2D eigenvalue weighted by Crippen LogP contribution is -2.41. The lowest BCUT2D eigenvalue weighted by molar-refractivity contribution is -0.145. The maximum Gasteiger partial charge on any atom is 0.329 e. The maximum absolute atomic E-state index is 14.1. The molecule has 6 nitrogen and oxygen atoms in total. The van der Waals surface area contributed by atoms with Crippen LogP contribution >= 0.6 is 0 Å². The van der Waals surface area contributed by atoms with Crippen molar-refractivity contribution in [3.05, 3.63) is 53.1 Å². The first-order valence-electron chi connectivity index (χ1n) is 9.55. The van der Waals surface area contributed by atoms with Gasteiger partial charge >= 0.3 is 11.8 Å². The summed E-state index contributed by atoms with van der Waals surface area (Å²) in [5.41, 5.74) is 5.14. The molecule has 1 aromatic carbocycles. The normalized spacial score (nSPS) is 14.9. The van der Waals surface area contributed by atoms with Crippen LogP contribution in [0.2, 0.25) is 0 Å². The van der Waals surface area contributed by atoms with Gasteiger partial charge in [0.25, 0.3) is 0 Å². The van der Waals surface area contributed by atoms with Gasteiger partial charge in [0.15, 0.2) is 0 Å². The first-order chi connectivity index (χ1) is 13.5. The van der Waals surface area contributed by atoms with Gasteiger partial charge in [0, 0.05) is 30.0 Å². The van der Waals surface area contributed by atoms with Crippen molar-refractivity contribution in [2.75, 3.05) is 13.1 Å². The molecule has 28 heavy (non-hydrogen) atoms. The van der Waals surface area contributed by atoms with E-state index in [1.54, 1.807) is 27.7 Å². The molecule has 2 aromatic rings. The molecule has 1 saturated heterocycles. The van der Waals surface area contributed by atoms with Crippen molar-refractivity contribution in [3.8, 4) is 5.69 Å². The number of aryl methyl sites for hydroxylation is 1. The highest BCUT2D eigenvalue weighted by molar-refractivity contribution is 6.35. The lowest BCUT2D eigenvalue weighted by Gasteiger charge is -2.18. The Labute approximate surface area is 164 Å². The summed E-state index contributed by atoms with van der Waals surface area (Å²) in [5.74, 6) is -1.60. The van der Waals surface area contributed by atoms with Gasteiger partial charge in [-0.15, -0.1) is 0 Å². The molecule has 2 heterocycles. The molecule has 2 amide bonds. The average Bonchev–Trinajstić information content (AvgIpc) is 2.86. The van der Waals surface area contributed by atoms with Gasteiger partial charge in [-0.05, 0) is 44.9 Å². The number of halogens is 1. The lowest BCUT2D eigenvalue weighted by atomic mass is 10.2. The number of amides is 2. The molecular formula is C21H25FN4O2. The van der Waals surface area contributed by atoms with Crippen LogP contribution in [0.15, 0.2) is 35.4 Å². The SMILES string of the molecule is Cc1cc(/C=N\NC(=O)C(=O)N2CCCCCC2)c(C)n1-c1ccccc1F. The van der Waals surface area contributed by atoms with E-state index in [1.807, 2.05) is 19.9 Å². The summed E-state index contributed by atoms with van der Waals surface area (Å²) in [7, 11) is 0. The Bertz CT molecular complexity index is 896. The molecular weight excluding hydrogens is 359 g/mol. The minimum atomic E-state index is -0.735. The topological polar surface area (TPSA) is 66.7 Å². The summed E-state index contributed by atoms with van der Waals surface area (Å²) in [6.07, 6.45) is 5.49. The molecule has 1 aliphatic rings. The second kappa shape index (κ2) is 8.82. The third-order valence-corrected chi connectivity index (χ3v) is 5.02. The van der Waals surface area contributed by atoms with Gasteiger partial charge in [0.2, 0.25) is 0 Å². The van der Waals surface area contributed by atoms with Crippen molar-refractivity contribution in [1.29, 1.82) is 0 Å². The number of aromatic nitrogens is 1. The first kappa shape index (κ1) is 19.8. The fourth-order valence-corrected chi connectivity index (χ4v) is 3.55. The summed E-state index contributed by atoms with van der Waals surface area (Å²) in [6.45, 7) is 4.95. The summed E-state index contributed by atoms with van der Waals surface area (Å²) in [5, 5.41) is 3.93. The van der Waals surface area contributed by atoms with E-state index in [9.17, 15) is 14.0 Å². The van der Waals surface area contributed by atoms with E-state index < -0.39 is 11.8 Å². The smallest absolute Gasteiger partial charge is 0.329 e. The zero-order chi connectivity index (χ0) is 20.1. The van der Waals surface area contributed by atoms with Crippen LogP contribution in [-0.2, 0) is 9.59 Å². The van der Waals surface area contributed by atoms with Crippen molar-refractivity contribution in [2.24, 2.45) is 5.10 Å². The van der Waals surface area contributed by atoms with Crippen LogP contribution in [0.4, 0.5) is 4.39 Å². The average molecular weight is 384 g/mol. The van der Waals surface area contributed by atoms with Crippen molar-refractivity contribution < 1.29 is 14.0 Å². The quantitative estimate of drug-likeness (QED) is 0.502. The third kappa shape index (κ3) is 4.30. The van der Waals surface area contributed by atoms with E-state index in [2.05, 4.69) is 10.5 Å². The predicted molar refractivity (Wildman–Crippen MR) is 106 cm³/mol. The molecule has 1 aliphatic heterocycles. The molecule has 0 atom stereocenters. The highest BCUT2D eigenvalue weighted by Crippen LogP contribution is 2.21. The largest absolute Gasteiger partial charge is 0.334 e. The van der Waals surface area contributed by atoms with Crippen LogP contribution in [-0.4, -0.2) is 40.6 Å². The highest BCUT2D eigenvalue weighted by Gasteiger charge is 2.22. The number of benzene rings is 1. The molecule has 0 bridgehead atoms. The Morgan fingerprint density at radius 2 is 1.79 bits per heavy atom. The van der Waals surface area contributed by atoms with Crippen LogP contribution in [0.1, 0.15) is 42.6 Å². The molecule has 148 valence electrons. The molecule has 0 unspecified atom stereocenters. The zero-order valence-corrected chi connectivity index (χ0v) is 16.2. The first-order valence-corrected chi connectivity index (χ1v) is 9.55. The van der Waals surface area contributed by atoms with E-state index in [-0.39, 0.29) is 5.82 Å². The van der Waals surface area contributed by atoms with Crippen LogP contribution in [0, 0.1) is 19.7 Å². The van der Waals surface area contributed by atoms with Crippen molar-refractivity contribution in [3.63, 3.8) is 0 Å². The Morgan fingerprint density at radius 3 is 2.46 bits per heavy atom. The van der Waals surface area contributed by atoms with Crippen LogP contribution in [0.25, 0.3) is 5.69 Å². The van der Waals surface area contributed by atoms with Gasteiger partial charge in [-0.3, -0.25) is 9.59 Å². The molecule has 3 rings (SSSR count). The van der Waals surface area contributed by atoms with Crippen molar-refractivity contribution >= 4 is 18.0 Å². The second-order valence-electron chi connectivity index (χ2n) is 7.02. The van der Waals surface area contributed by atoms with Crippen LogP contribution in [0.5, 0.6) is 0 Å². The van der Waals surface area contributed by atoms with E-state index in [0.29, 0.717) is 18.8 Å². The predicted octanol–water partition coefficient (Wildman–Crippen LogP) is 3.09. The molecule has 1 aromatic heterocycles. The standard InChI is InChI=1S/C21H25FN4O2/c1-15-13-17(16(2)26(15)19-10-6-5-9-18(19)22)14-23-24-20(27)21(28)25-11-7-3-4-8-12-25/h5-6,9-10,13-14H,3-4,7-8,11-12H2,1-2H3,(H,24,27)/b23-14-. The molecule has 7 heteroatoms. The molecule has 0 spiro atoms. The second-order valence-corrected chi connectivity index (χ2v) is 7.02. The van der Waals surface area contributed by atoms with E-state index in [4.69, 9.17) is 0 Å². The minimum Gasteiger partial charge on any atom is -0.334 e. The zero-order valence-electron chi connectivity index (χ0n) is 16.2. The van der Waals surface area contributed by atoms with Gasteiger partial charge in [-0.2, -0.15) is 5.10 Å². The summed E-state index contributed by atoms with van der Waals surface area (Å²) in [6, 6.07) is 8.40. The summed E-state index contributed by atoms with van der Waals surface area (Å²) < 4.78 is 15.9. The number of carbonyl (C=O) groups excluding carboxylic acids is 2. The fourth-order valence-electron chi connectivity index (χ4n) is 3.55. The van der Waals surface area contributed by atoms with Gasteiger partial charge in [-0.25, -0.2) is 9.82 Å². The number of para-hydroxylation sites is 1. The van der Waals surface area contributed by atoms with Crippen molar-refractivity contribution in [2.45, 2.75) is 39.5 Å². The molecule has 0 saturated carbocycles. The number of hydrazone groups is 1. The van der Waals surface area contributed by atoms with Gasteiger partial charge in [0.1, 0.15) is 5.82 Å². The molecule has 1 fully saturated rings. The number of nitrogens with zero attached hydrogens (tertiary/aromatic N) is 3. The monoisotopic (exact) mass is 384 g/mol. The Balaban J connectivity index is 1.69. The number of hydrogen-bond acceptors (Lipinski definition) is 3. The van der Waals surface area contributed by atoms with E-state index >= 15 is 0 Å². The fraction of sp³-hybridized carbons (Fsp3) is 0.381. The van der Waals surface area contributed by atoms with Gasteiger partial charge < -0.3 is 9.47 Å². The van der Waals surface area contributed by atoms with Gasteiger partial charge in [0.05, 0.1) is 11.9 Å². The van der Waals surface area contributed by atoms with E-state index in [0.717, 1.165) is 42.6 Å². The maximum atomic E-state index is 14.1. The molecule has 1 N–H and O–H groups in total. The molecule has 0 aliphatic carbocycles. The number of carbonyl (C=O) groups is 2. The summed E-state index contributed by atoms with van der Waals surface area (Å²) >= 11 is 0. The number of nitrogens with one attached hydrogen (secondary N) is 1.